The number of aryl methyl sites for hydroxylation is 1. The third-order valence-electron chi connectivity index (χ3n) is 3.41. The van der Waals surface area contributed by atoms with E-state index in [0.717, 1.165) is 23.4 Å². The van der Waals surface area contributed by atoms with Gasteiger partial charge in [-0.2, -0.15) is 13.2 Å². The van der Waals surface area contributed by atoms with Crippen LogP contribution in [-0.2, 0) is 13.2 Å². The van der Waals surface area contributed by atoms with Crippen molar-refractivity contribution < 1.29 is 22.4 Å². The highest BCUT2D eigenvalue weighted by molar-refractivity contribution is 5.64. The summed E-state index contributed by atoms with van der Waals surface area (Å²) >= 11 is 0. The zero-order valence-electron chi connectivity index (χ0n) is 11.8. The molecule has 22 heavy (non-hydrogen) atoms. The molecule has 0 fully saturated rings. The molecular weight excluding hydrogens is 291 g/mol. The summed E-state index contributed by atoms with van der Waals surface area (Å²) in [5.74, 6) is 0.523. The Morgan fingerprint density at radius 2 is 1.50 bits per heavy atom. The van der Waals surface area contributed by atoms with Gasteiger partial charge in [0.15, 0.2) is 7.05 Å². The predicted molar refractivity (Wildman–Crippen MR) is 75.8 cm³/mol. The molecule has 0 saturated carbocycles. The van der Waals surface area contributed by atoms with E-state index in [1.165, 1.54) is 12.1 Å². The number of hydrogen-bond acceptors (Lipinski definition) is 1. The van der Waals surface area contributed by atoms with Crippen LogP contribution >= 0.6 is 0 Å². The summed E-state index contributed by atoms with van der Waals surface area (Å²) in [4.78, 5) is 0. The largest absolute Gasteiger partial charge is 0.416 e. The lowest BCUT2D eigenvalue weighted by molar-refractivity contribution is -0.834. The van der Waals surface area contributed by atoms with Gasteiger partial charge in [0, 0.05) is 5.56 Å². The van der Waals surface area contributed by atoms with E-state index >= 15 is 0 Å². The van der Waals surface area contributed by atoms with Crippen molar-refractivity contribution in [1.29, 1.82) is 0 Å². The molecule has 0 aliphatic rings. The maximum atomic E-state index is 12.6. The van der Waals surface area contributed by atoms with Crippen LogP contribution in [0.15, 0.2) is 65.2 Å². The van der Waals surface area contributed by atoms with Crippen molar-refractivity contribution in [3.05, 3.63) is 66.2 Å². The maximum absolute atomic E-state index is 12.6. The van der Waals surface area contributed by atoms with Gasteiger partial charge in [-0.15, -0.1) is 0 Å². The highest BCUT2D eigenvalue weighted by Gasteiger charge is 2.30. The maximum Gasteiger partial charge on any atom is 0.416 e. The summed E-state index contributed by atoms with van der Waals surface area (Å²) in [7, 11) is 1.76. The Morgan fingerprint density at radius 1 is 0.864 bits per heavy atom. The molecule has 112 valence electrons. The monoisotopic (exact) mass is 304 g/mol. The van der Waals surface area contributed by atoms with Gasteiger partial charge < -0.3 is 0 Å². The summed E-state index contributed by atoms with van der Waals surface area (Å²) in [6, 6.07) is 16.4. The van der Waals surface area contributed by atoms with E-state index in [9.17, 15) is 13.2 Å². The van der Waals surface area contributed by atoms with Crippen molar-refractivity contribution in [1.82, 2.24) is 0 Å². The van der Waals surface area contributed by atoms with Gasteiger partial charge in [0.1, 0.15) is 0 Å². The topological polar surface area (TPSA) is 17.0 Å². The smallest absolute Gasteiger partial charge is 0.236 e. The molecule has 0 amide bonds. The van der Waals surface area contributed by atoms with E-state index in [0.29, 0.717) is 11.3 Å². The Kier molecular flexibility index (Phi) is 3.48. The summed E-state index contributed by atoms with van der Waals surface area (Å²) in [6.07, 6.45) is -4.33. The molecule has 0 N–H and O–H groups in total. The quantitative estimate of drug-likeness (QED) is 0.639. The molecule has 1 aromatic heterocycles. The van der Waals surface area contributed by atoms with E-state index in [1.54, 1.807) is 11.8 Å². The number of rotatable bonds is 2. The number of nitrogens with zero attached hydrogens (tertiary/aromatic N) is 1. The Morgan fingerprint density at radius 3 is 2.09 bits per heavy atom. The zero-order chi connectivity index (χ0) is 15.7. The van der Waals surface area contributed by atoms with Gasteiger partial charge in [-0.05, 0) is 29.0 Å². The molecule has 0 bridgehead atoms. The van der Waals surface area contributed by atoms with Gasteiger partial charge in [-0.3, -0.25) is 0 Å². The van der Waals surface area contributed by atoms with E-state index in [1.807, 2.05) is 36.4 Å². The van der Waals surface area contributed by atoms with E-state index < -0.39 is 11.7 Å². The molecule has 2 nitrogen and oxygen atoms in total. The highest BCUT2D eigenvalue weighted by Crippen LogP contribution is 2.31. The van der Waals surface area contributed by atoms with Gasteiger partial charge >= 0.3 is 6.18 Å². The van der Waals surface area contributed by atoms with Gasteiger partial charge in [0.2, 0.25) is 5.76 Å². The minimum Gasteiger partial charge on any atom is -0.236 e. The van der Waals surface area contributed by atoms with Crippen LogP contribution in [0, 0.1) is 0 Å². The van der Waals surface area contributed by atoms with Gasteiger partial charge in [0.05, 0.1) is 17.2 Å². The van der Waals surface area contributed by atoms with Crippen LogP contribution in [0.3, 0.4) is 0 Å². The first-order valence-corrected chi connectivity index (χ1v) is 6.68. The molecule has 1 heterocycles. The molecule has 2 aromatic carbocycles. The molecule has 0 aliphatic heterocycles. The normalized spacial score (nSPS) is 11.6. The SMILES string of the molecule is C[n+]1oc(-c2ccc(C(F)(F)F)cc2)cc1-c1ccccc1. The Balaban J connectivity index is 1.97. The number of hydrogen-bond donors (Lipinski definition) is 0. The first-order valence-electron chi connectivity index (χ1n) is 6.68. The lowest BCUT2D eigenvalue weighted by atomic mass is 10.1. The van der Waals surface area contributed by atoms with Crippen molar-refractivity contribution >= 4 is 0 Å². The fourth-order valence-electron chi connectivity index (χ4n) is 2.27. The molecule has 0 spiro atoms. The van der Waals surface area contributed by atoms with Crippen LogP contribution in [0.5, 0.6) is 0 Å². The molecule has 0 saturated heterocycles. The Labute approximate surface area is 125 Å². The molecular formula is C17H13F3NO+. The minimum atomic E-state index is -4.33. The van der Waals surface area contributed by atoms with Crippen LogP contribution in [-0.4, -0.2) is 0 Å². The van der Waals surface area contributed by atoms with Crippen LogP contribution in [0.1, 0.15) is 5.56 Å². The number of benzene rings is 2. The third-order valence-corrected chi connectivity index (χ3v) is 3.41. The van der Waals surface area contributed by atoms with Crippen LogP contribution in [0.4, 0.5) is 13.2 Å². The zero-order valence-corrected chi connectivity index (χ0v) is 11.8. The van der Waals surface area contributed by atoms with E-state index in [2.05, 4.69) is 0 Å². The summed E-state index contributed by atoms with van der Waals surface area (Å²) < 4.78 is 45.0. The van der Waals surface area contributed by atoms with Crippen molar-refractivity contribution in [3.8, 4) is 22.6 Å². The third kappa shape index (κ3) is 2.74. The fraction of sp³-hybridized carbons (Fsp3) is 0.118. The first kappa shape index (κ1) is 14.4. The summed E-state index contributed by atoms with van der Waals surface area (Å²) in [5, 5.41) is 0. The highest BCUT2D eigenvalue weighted by atomic mass is 19.4. The minimum absolute atomic E-state index is 0.523. The molecule has 0 radical (unpaired) electrons. The number of aromatic nitrogens is 1. The summed E-state index contributed by atoms with van der Waals surface area (Å²) in [6.45, 7) is 0. The van der Waals surface area contributed by atoms with Crippen molar-refractivity contribution in [3.63, 3.8) is 0 Å². The van der Waals surface area contributed by atoms with Crippen molar-refractivity contribution in [2.45, 2.75) is 6.18 Å². The second kappa shape index (κ2) is 5.33. The molecule has 0 aliphatic carbocycles. The second-order valence-corrected chi connectivity index (χ2v) is 4.92. The predicted octanol–water partition coefficient (Wildman–Crippen LogP) is 4.46. The Hall–Kier alpha value is -2.56. The fourth-order valence-corrected chi connectivity index (χ4v) is 2.27. The van der Waals surface area contributed by atoms with Crippen molar-refractivity contribution in [2.24, 2.45) is 7.05 Å². The molecule has 5 heteroatoms. The molecule has 0 unspecified atom stereocenters. The lowest BCUT2D eigenvalue weighted by Crippen LogP contribution is -2.26. The average Bonchev–Trinajstić information content (AvgIpc) is 2.89. The van der Waals surface area contributed by atoms with E-state index in [4.69, 9.17) is 4.52 Å². The standard InChI is InChI=1S/C17H13F3NO/c1-21-15(12-5-3-2-4-6-12)11-16(22-21)13-7-9-14(10-8-13)17(18,19)20/h2-11H,1H3/q+1. The van der Waals surface area contributed by atoms with Crippen LogP contribution in [0.2, 0.25) is 0 Å². The first-order chi connectivity index (χ1) is 10.4. The second-order valence-electron chi connectivity index (χ2n) is 4.92. The lowest BCUT2D eigenvalue weighted by Gasteiger charge is -2.05. The number of alkyl halides is 3. The van der Waals surface area contributed by atoms with Crippen molar-refractivity contribution in [2.75, 3.05) is 0 Å². The summed E-state index contributed by atoms with van der Waals surface area (Å²) in [5.41, 5.74) is 1.77. The van der Waals surface area contributed by atoms with E-state index in [-0.39, 0.29) is 0 Å². The average molecular weight is 304 g/mol. The molecule has 3 aromatic rings. The van der Waals surface area contributed by atoms with Crippen LogP contribution < -0.4 is 4.74 Å². The molecule has 3 rings (SSSR count). The van der Waals surface area contributed by atoms with Gasteiger partial charge in [0.25, 0.3) is 5.69 Å². The molecule has 0 atom stereocenters. The number of halogens is 3. The van der Waals surface area contributed by atoms with Gasteiger partial charge in [-0.1, -0.05) is 30.3 Å². The Bertz CT molecular complexity index is 774. The van der Waals surface area contributed by atoms with Crippen LogP contribution in [0.25, 0.3) is 22.6 Å². The van der Waals surface area contributed by atoms with Gasteiger partial charge in [-0.25, -0.2) is 4.52 Å².